The summed E-state index contributed by atoms with van der Waals surface area (Å²) in [6.45, 7) is 8.36. The quantitative estimate of drug-likeness (QED) is 0.873. The van der Waals surface area contributed by atoms with Gasteiger partial charge in [0.1, 0.15) is 5.82 Å². The highest BCUT2D eigenvalue weighted by Crippen LogP contribution is 2.31. The molecule has 0 aliphatic carbocycles. The van der Waals surface area contributed by atoms with Crippen molar-refractivity contribution in [2.24, 2.45) is 0 Å². The van der Waals surface area contributed by atoms with Gasteiger partial charge >= 0.3 is 0 Å². The van der Waals surface area contributed by atoms with Gasteiger partial charge in [-0.1, -0.05) is 6.07 Å². The van der Waals surface area contributed by atoms with E-state index in [2.05, 4.69) is 38.0 Å². The van der Waals surface area contributed by atoms with Gasteiger partial charge in [-0.05, 0) is 77.4 Å². The van der Waals surface area contributed by atoms with Crippen molar-refractivity contribution in [3.05, 3.63) is 29.6 Å². The maximum absolute atomic E-state index is 14.3. The second-order valence-corrected chi connectivity index (χ2v) is 6.69. The van der Waals surface area contributed by atoms with E-state index in [0.29, 0.717) is 5.92 Å². The summed E-state index contributed by atoms with van der Waals surface area (Å²) in [6.07, 6.45) is 2.11. The monoisotopic (exact) mass is 264 g/mol. The molecular weight excluding hydrogens is 239 g/mol. The van der Waals surface area contributed by atoms with Gasteiger partial charge in [0, 0.05) is 11.2 Å². The van der Waals surface area contributed by atoms with Gasteiger partial charge in [-0.15, -0.1) is 0 Å². The Morgan fingerprint density at radius 3 is 2.37 bits per heavy atom. The largest absolute Gasteiger partial charge is 0.380 e. The molecule has 2 rings (SSSR count). The fourth-order valence-electron chi connectivity index (χ4n) is 2.69. The molecule has 3 heteroatoms. The average molecular weight is 264 g/mol. The second kappa shape index (κ2) is 5.49. The van der Waals surface area contributed by atoms with Crippen LogP contribution in [-0.4, -0.2) is 30.6 Å². The molecule has 0 amide bonds. The van der Waals surface area contributed by atoms with Crippen molar-refractivity contribution in [1.82, 2.24) is 4.90 Å². The molecule has 0 bridgehead atoms. The summed E-state index contributed by atoms with van der Waals surface area (Å²) >= 11 is 0. The lowest BCUT2D eigenvalue weighted by molar-refractivity contribution is 0.253. The van der Waals surface area contributed by atoms with Crippen LogP contribution < -0.4 is 5.32 Å². The first-order valence-electron chi connectivity index (χ1n) is 7.11. The van der Waals surface area contributed by atoms with E-state index in [1.54, 1.807) is 6.07 Å². The van der Waals surface area contributed by atoms with Crippen molar-refractivity contribution in [3.63, 3.8) is 0 Å². The summed E-state index contributed by atoms with van der Waals surface area (Å²) in [5.74, 6) is 0.309. The summed E-state index contributed by atoms with van der Waals surface area (Å²) in [7, 11) is 2.13. The smallest absolute Gasteiger partial charge is 0.128 e. The van der Waals surface area contributed by atoms with Crippen LogP contribution in [0.3, 0.4) is 0 Å². The number of likely N-dealkylation sites (tertiary alicyclic amines) is 1. The molecule has 19 heavy (non-hydrogen) atoms. The molecule has 0 radical (unpaired) electrons. The van der Waals surface area contributed by atoms with Gasteiger partial charge < -0.3 is 10.2 Å². The zero-order chi connectivity index (χ0) is 14.0. The number of rotatable bonds is 2. The van der Waals surface area contributed by atoms with Crippen LogP contribution in [0.2, 0.25) is 0 Å². The van der Waals surface area contributed by atoms with Gasteiger partial charge in [-0.3, -0.25) is 0 Å². The highest BCUT2D eigenvalue weighted by molar-refractivity contribution is 5.47. The number of nitrogens with one attached hydrogen (secondary N) is 1. The number of hydrogen-bond donors (Lipinski definition) is 1. The zero-order valence-corrected chi connectivity index (χ0v) is 12.5. The number of halogens is 1. The number of nitrogens with zero attached hydrogens (tertiary/aromatic N) is 1. The number of piperidine rings is 1. The van der Waals surface area contributed by atoms with Crippen LogP contribution in [0, 0.1) is 5.82 Å². The summed E-state index contributed by atoms with van der Waals surface area (Å²) in [5, 5.41) is 3.31. The standard InChI is InChI=1S/C16H25FN2/c1-16(2,3)18-13-5-6-14(15(17)11-13)12-7-9-19(4)10-8-12/h5-6,11-12,18H,7-10H2,1-4H3. The maximum atomic E-state index is 14.3. The molecule has 0 saturated carbocycles. The Morgan fingerprint density at radius 1 is 1.21 bits per heavy atom. The van der Waals surface area contributed by atoms with Crippen molar-refractivity contribution in [2.45, 2.75) is 45.1 Å². The number of anilines is 1. The molecule has 1 aliphatic heterocycles. The van der Waals surface area contributed by atoms with Crippen LogP contribution in [0.25, 0.3) is 0 Å². The first-order valence-corrected chi connectivity index (χ1v) is 7.11. The normalized spacial score (nSPS) is 18.6. The molecule has 0 atom stereocenters. The van der Waals surface area contributed by atoms with Crippen LogP contribution in [0.5, 0.6) is 0 Å². The minimum Gasteiger partial charge on any atom is -0.380 e. The van der Waals surface area contributed by atoms with Crippen LogP contribution >= 0.6 is 0 Å². The zero-order valence-electron chi connectivity index (χ0n) is 12.5. The van der Waals surface area contributed by atoms with E-state index >= 15 is 0 Å². The first kappa shape index (κ1) is 14.3. The van der Waals surface area contributed by atoms with Gasteiger partial charge in [-0.2, -0.15) is 0 Å². The van der Waals surface area contributed by atoms with E-state index in [9.17, 15) is 4.39 Å². The first-order chi connectivity index (χ1) is 8.85. The summed E-state index contributed by atoms with van der Waals surface area (Å²) < 4.78 is 14.3. The molecule has 0 aromatic heterocycles. The van der Waals surface area contributed by atoms with Gasteiger partial charge in [0.15, 0.2) is 0 Å². The van der Waals surface area contributed by atoms with Crippen molar-refractivity contribution >= 4 is 5.69 Å². The third-order valence-corrected chi connectivity index (χ3v) is 3.68. The highest BCUT2D eigenvalue weighted by Gasteiger charge is 2.21. The molecule has 1 aromatic rings. The second-order valence-electron chi connectivity index (χ2n) is 6.69. The number of hydrogen-bond acceptors (Lipinski definition) is 2. The predicted octanol–water partition coefficient (Wildman–Crippen LogP) is 3.85. The van der Waals surface area contributed by atoms with Crippen molar-refractivity contribution < 1.29 is 4.39 Å². The Morgan fingerprint density at radius 2 is 1.84 bits per heavy atom. The fraction of sp³-hybridized carbons (Fsp3) is 0.625. The lowest BCUT2D eigenvalue weighted by Gasteiger charge is -2.29. The molecule has 2 nitrogen and oxygen atoms in total. The topological polar surface area (TPSA) is 15.3 Å². The number of benzene rings is 1. The van der Waals surface area contributed by atoms with Gasteiger partial charge in [0.25, 0.3) is 0 Å². The highest BCUT2D eigenvalue weighted by atomic mass is 19.1. The molecule has 106 valence electrons. The van der Waals surface area contributed by atoms with Crippen molar-refractivity contribution in [3.8, 4) is 0 Å². The molecule has 1 saturated heterocycles. The van der Waals surface area contributed by atoms with Crippen LogP contribution in [0.15, 0.2) is 18.2 Å². The summed E-state index contributed by atoms with van der Waals surface area (Å²) in [4.78, 5) is 2.31. The third kappa shape index (κ3) is 3.93. The van der Waals surface area contributed by atoms with Gasteiger partial charge in [0.05, 0.1) is 0 Å². The Labute approximate surface area is 116 Å². The molecule has 1 aromatic carbocycles. The molecule has 0 unspecified atom stereocenters. The van der Waals surface area contributed by atoms with E-state index in [1.165, 1.54) is 0 Å². The molecular formula is C16H25FN2. The van der Waals surface area contributed by atoms with E-state index in [4.69, 9.17) is 0 Å². The van der Waals surface area contributed by atoms with Gasteiger partial charge in [0.2, 0.25) is 0 Å². The van der Waals surface area contributed by atoms with Crippen molar-refractivity contribution in [2.75, 3.05) is 25.5 Å². The lowest BCUT2D eigenvalue weighted by Crippen LogP contribution is -2.29. The SMILES string of the molecule is CN1CCC(c2ccc(NC(C)(C)C)cc2F)CC1. The van der Waals surface area contributed by atoms with Crippen molar-refractivity contribution in [1.29, 1.82) is 0 Å². The Bertz CT molecular complexity index is 429. The van der Waals surface area contributed by atoms with E-state index < -0.39 is 0 Å². The fourth-order valence-corrected chi connectivity index (χ4v) is 2.69. The molecule has 1 fully saturated rings. The predicted molar refractivity (Wildman–Crippen MR) is 79.2 cm³/mol. The summed E-state index contributed by atoms with van der Waals surface area (Å²) in [5.41, 5.74) is 1.70. The molecule has 0 spiro atoms. The maximum Gasteiger partial charge on any atom is 0.128 e. The summed E-state index contributed by atoms with van der Waals surface area (Å²) in [6, 6.07) is 5.60. The minimum atomic E-state index is -0.0659. The van der Waals surface area contributed by atoms with E-state index in [1.807, 2.05) is 12.1 Å². The van der Waals surface area contributed by atoms with Gasteiger partial charge in [-0.25, -0.2) is 4.39 Å². The van der Waals surface area contributed by atoms with E-state index in [-0.39, 0.29) is 11.4 Å². The van der Waals surface area contributed by atoms with Crippen LogP contribution in [0.1, 0.15) is 45.1 Å². The molecule has 1 heterocycles. The van der Waals surface area contributed by atoms with Crippen LogP contribution in [0.4, 0.5) is 10.1 Å². The third-order valence-electron chi connectivity index (χ3n) is 3.68. The average Bonchev–Trinajstić information content (AvgIpc) is 2.29. The Balaban J connectivity index is 2.11. The Kier molecular flexibility index (Phi) is 4.14. The molecule has 1 aliphatic rings. The molecule has 1 N–H and O–H groups in total. The van der Waals surface area contributed by atoms with E-state index in [0.717, 1.165) is 37.2 Å². The lowest BCUT2D eigenvalue weighted by atomic mass is 9.89. The Hall–Kier alpha value is -1.09. The van der Waals surface area contributed by atoms with Crippen LogP contribution in [-0.2, 0) is 0 Å². The minimum absolute atomic E-state index is 0.0402.